The molecular weight excluding hydrogens is 299 g/mol. The molecule has 1 aromatic carbocycles. The van der Waals surface area contributed by atoms with Gasteiger partial charge in [-0.15, -0.1) is 0 Å². The first-order valence-electron chi connectivity index (χ1n) is 5.10. The molecule has 0 saturated carbocycles. The van der Waals surface area contributed by atoms with Gasteiger partial charge in [-0.1, -0.05) is 23.2 Å². The molecule has 0 radical (unpaired) electrons. The van der Waals surface area contributed by atoms with E-state index in [4.69, 9.17) is 23.2 Å². The van der Waals surface area contributed by atoms with Crippen LogP contribution in [0, 0.1) is 0 Å². The maximum atomic E-state index is 12.3. The second-order valence-corrected chi connectivity index (χ2v) is 4.42. The summed E-state index contributed by atoms with van der Waals surface area (Å²) in [6.45, 7) is -2.99. The number of aromatic nitrogens is 1. The van der Waals surface area contributed by atoms with E-state index in [0.717, 1.165) is 0 Å². The number of alkyl halides is 2. The Hall–Kier alpha value is -1.59. The average Bonchev–Trinajstić information content (AvgIpc) is 2.34. The Kier molecular flexibility index (Phi) is 4.07. The Morgan fingerprint density at radius 2 is 1.89 bits per heavy atom. The molecule has 2 aromatic rings. The fourth-order valence-corrected chi connectivity index (χ4v) is 1.95. The molecule has 1 heterocycles. The lowest BCUT2D eigenvalue weighted by Crippen LogP contribution is -2.06. The molecular formula is C12H7Cl2F2NO2. The summed E-state index contributed by atoms with van der Waals surface area (Å²) in [4.78, 5) is 13.7. The van der Waals surface area contributed by atoms with E-state index in [1.165, 1.54) is 30.5 Å². The Balaban J connectivity index is 2.62. The van der Waals surface area contributed by atoms with Gasteiger partial charge in [-0.05, 0) is 18.2 Å². The Labute approximate surface area is 116 Å². The van der Waals surface area contributed by atoms with Gasteiger partial charge in [0.05, 0.1) is 5.02 Å². The van der Waals surface area contributed by atoms with Gasteiger partial charge in [-0.3, -0.25) is 4.79 Å². The number of rotatable bonds is 3. The summed E-state index contributed by atoms with van der Waals surface area (Å²) in [6, 6.07) is 5.29. The standard InChI is InChI=1S/C12H7Cl2F2NO2/c13-6-1-2-10(19-12(15)16)8(3-6)7-4-11(18)17-5-9(7)14/h1-5,12H,(H,17,18). The molecule has 0 aliphatic rings. The number of ether oxygens (including phenoxy) is 1. The smallest absolute Gasteiger partial charge is 0.387 e. The monoisotopic (exact) mass is 305 g/mol. The Morgan fingerprint density at radius 1 is 1.16 bits per heavy atom. The highest BCUT2D eigenvalue weighted by Crippen LogP contribution is 2.36. The van der Waals surface area contributed by atoms with Gasteiger partial charge in [-0.2, -0.15) is 8.78 Å². The Morgan fingerprint density at radius 3 is 2.58 bits per heavy atom. The molecule has 100 valence electrons. The first-order chi connectivity index (χ1) is 8.97. The van der Waals surface area contributed by atoms with Crippen LogP contribution >= 0.6 is 23.2 Å². The molecule has 1 N–H and O–H groups in total. The minimum atomic E-state index is -2.99. The van der Waals surface area contributed by atoms with Gasteiger partial charge < -0.3 is 9.72 Å². The third-order valence-electron chi connectivity index (χ3n) is 2.32. The number of H-pyrrole nitrogens is 1. The minimum Gasteiger partial charge on any atom is -0.434 e. The number of pyridine rings is 1. The SMILES string of the molecule is O=c1cc(-c2cc(Cl)ccc2OC(F)F)c(Cl)c[nH]1. The zero-order chi connectivity index (χ0) is 14.0. The lowest BCUT2D eigenvalue weighted by atomic mass is 10.1. The molecule has 0 unspecified atom stereocenters. The zero-order valence-corrected chi connectivity index (χ0v) is 10.8. The lowest BCUT2D eigenvalue weighted by molar-refractivity contribution is -0.0494. The van der Waals surface area contributed by atoms with Gasteiger partial charge in [0.15, 0.2) is 0 Å². The van der Waals surface area contributed by atoms with Crippen LogP contribution in [0.4, 0.5) is 8.78 Å². The highest BCUT2D eigenvalue weighted by atomic mass is 35.5. The molecule has 7 heteroatoms. The van der Waals surface area contributed by atoms with Gasteiger partial charge in [0.2, 0.25) is 5.56 Å². The van der Waals surface area contributed by atoms with Crippen molar-refractivity contribution in [2.24, 2.45) is 0 Å². The molecule has 0 fully saturated rings. The minimum absolute atomic E-state index is 0.105. The largest absolute Gasteiger partial charge is 0.434 e. The third-order valence-corrected chi connectivity index (χ3v) is 2.87. The van der Waals surface area contributed by atoms with Crippen LogP contribution in [-0.4, -0.2) is 11.6 Å². The van der Waals surface area contributed by atoms with Crippen molar-refractivity contribution in [2.75, 3.05) is 0 Å². The van der Waals surface area contributed by atoms with Crippen LogP contribution < -0.4 is 10.3 Å². The number of benzene rings is 1. The number of hydrogen-bond acceptors (Lipinski definition) is 2. The van der Waals surface area contributed by atoms with Crippen molar-refractivity contribution in [3.05, 3.63) is 50.9 Å². The molecule has 0 amide bonds. The first-order valence-corrected chi connectivity index (χ1v) is 5.86. The quantitative estimate of drug-likeness (QED) is 0.933. The van der Waals surface area contributed by atoms with Crippen LogP contribution in [0.2, 0.25) is 10.0 Å². The lowest BCUT2D eigenvalue weighted by Gasteiger charge is -2.12. The van der Waals surface area contributed by atoms with Crippen LogP contribution in [-0.2, 0) is 0 Å². The topological polar surface area (TPSA) is 42.1 Å². The van der Waals surface area contributed by atoms with Crippen molar-refractivity contribution in [1.29, 1.82) is 0 Å². The predicted molar refractivity (Wildman–Crippen MR) is 69.2 cm³/mol. The summed E-state index contributed by atoms with van der Waals surface area (Å²) < 4.78 is 29.1. The second-order valence-electron chi connectivity index (χ2n) is 3.58. The van der Waals surface area contributed by atoms with E-state index in [2.05, 4.69) is 9.72 Å². The summed E-state index contributed by atoms with van der Waals surface area (Å²) in [6.07, 6.45) is 1.27. The Bertz CT molecular complexity index is 658. The van der Waals surface area contributed by atoms with Crippen LogP contribution in [0.1, 0.15) is 0 Å². The molecule has 0 bridgehead atoms. The van der Waals surface area contributed by atoms with Crippen LogP contribution in [0.5, 0.6) is 5.75 Å². The highest BCUT2D eigenvalue weighted by Gasteiger charge is 2.14. The van der Waals surface area contributed by atoms with Crippen molar-refractivity contribution < 1.29 is 13.5 Å². The molecule has 0 spiro atoms. The van der Waals surface area contributed by atoms with Crippen LogP contribution in [0.25, 0.3) is 11.1 Å². The van der Waals surface area contributed by atoms with Crippen molar-refractivity contribution in [3.63, 3.8) is 0 Å². The number of nitrogens with one attached hydrogen (secondary N) is 1. The van der Waals surface area contributed by atoms with Gasteiger partial charge in [0.25, 0.3) is 0 Å². The summed E-state index contributed by atoms with van der Waals surface area (Å²) >= 11 is 11.8. The van der Waals surface area contributed by atoms with E-state index >= 15 is 0 Å². The van der Waals surface area contributed by atoms with E-state index in [9.17, 15) is 13.6 Å². The molecule has 0 saturated heterocycles. The normalized spacial score (nSPS) is 10.8. The summed E-state index contributed by atoms with van der Waals surface area (Å²) in [5.74, 6) is -0.105. The second kappa shape index (κ2) is 5.59. The van der Waals surface area contributed by atoms with E-state index < -0.39 is 12.2 Å². The van der Waals surface area contributed by atoms with Crippen LogP contribution in [0.15, 0.2) is 35.3 Å². The summed E-state index contributed by atoms with van der Waals surface area (Å²) in [5, 5.41) is 0.508. The summed E-state index contributed by atoms with van der Waals surface area (Å²) in [7, 11) is 0. The van der Waals surface area contributed by atoms with Crippen molar-refractivity contribution >= 4 is 23.2 Å². The third kappa shape index (κ3) is 3.24. The van der Waals surface area contributed by atoms with E-state index in [1.807, 2.05) is 0 Å². The van der Waals surface area contributed by atoms with Gasteiger partial charge in [0, 0.05) is 28.4 Å². The summed E-state index contributed by atoms with van der Waals surface area (Å²) in [5.41, 5.74) is 0.0786. The van der Waals surface area contributed by atoms with Crippen molar-refractivity contribution in [3.8, 4) is 16.9 Å². The zero-order valence-electron chi connectivity index (χ0n) is 9.29. The number of aromatic amines is 1. The van der Waals surface area contributed by atoms with Crippen molar-refractivity contribution in [2.45, 2.75) is 6.61 Å². The molecule has 1 aromatic heterocycles. The van der Waals surface area contributed by atoms with E-state index in [1.54, 1.807) is 0 Å². The molecule has 2 rings (SSSR count). The fourth-order valence-electron chi connectivity index (χ4n) is 1.57. The molecule has 0 aliphatic heterocycles. The maximum Gasteiger partial charge on any atom is 0.387 e. The highest BCUT2D eigenvalue weighted by molar-refractivity contribution is 6.33. The number of hydrogen-bond donors (Lipinski definition) is 1. The van der Waals surface area contributed by atoms with Gasteiger partial charge in [0.1, 0.15) is 5.75 Å². The predicted octanol–water partition coefficient (Wildman–Crippen LogP) is 3.95. The van der Waals surface area contributed by atoms with Gasteiger partial charge >= 0.3 is 6.61 Å². The molecule has 3 nitrogen and oxygen atoms in total. The van der Waals surface area contributed by atoms with E-state index in [-0.39, 0.29) is 21.9 Å². The first kappa shape index (κ1) is 13.8. The number of halogens is 4. The molecule has 0 atom stereocenters. The average molecular weight is 306 g/mol. The fraction of sp³-hybridized carbons (Fsp3) is 0.0833. The molecule has 0 aliphatic carbocycles. The molecule has 19 heavy (non-hydrogen) atoms. The maximum absolute atomic E-state index is 12.3. The van der Waals surface area contributed by atoms with E-state index in [0.29, 0.717) is 5.02 Å². The van der Waals surface area contributed by atoms with Gasteiger partial charge in [-0.25, -0.2) is 0 Å². The van der Waals surface area contributed by atoms with Crippen molar-refractivity contribution in [1.82, 2.24) is 4.98 Å². The van der Waals surface area contributed by atoms with Crippen LogP contribution in [0.3, 0.4) is 0 Å².